The zero-order valence-electron chi connectivity index (χ0n) is 11.2. The van der Waals surface area contributed by atoms with Gasteiger partial charge in [-0.05, 0) is 34.9 Å². The summed E-state index contributed by atoms with van der Waals surface area (Å²) < 4.78 is 0. The van der Waals surface area contributed by atoms with Gasteiger partial charge in [-0.1, -0.05) is 18.2 Å². The second-order valence-corrected chi connectivity index (χ2v) is 4.85. The number of anilines is 1. The third-order valence-corrected chi connectivity index (χ3v) is 3.68. The largest absolute Gasteiger partial charge is 0.504 e. The number of nitrogens with one attached hydrogen (secondary N) is 1. The quantitative estimate of drug-likeness (QED) is 0.424. The minimum absolute atomic E-state index is 0. The summed E-state index contributed by atoms with van der Waals surface area (Å²) in [5.74, 6) is -0.0485. The van der Waals surface area contributed by atoms with E-state index in [-0.39, 0.29) is 51.4 Å². The van der Waals surface area contributed by atoms with Gasteiger partial charge in [0.2, 0.25) is 0 Å². The van der Waals surface area contributed by atoms with E-state index in [0.29, 0.717) is 0 Å². The predicted molar refractivity (Wildman–Crippen MR) is 94.8 cm³/mol. The highest BCUT2D eigenvalue weighted by Gasteiger charge is 2.23. The molecule has 1 aliphatic rings. The molecule has 6 heteroatoms. The van der Waals surface area contributed by atoms with Crippen LogP contribution in [0.1, 0.15) is 22.6 Å². The van der Waals surface area contributed by atoms with Gasteiger partial charge in [-0.25, -0.2) is 0 Å². The molecule has 2 aromatic carbocycles. The van der Waals surface area contributed by atoms with Crippen molar-refractivity contribution in [3.8, 4) is 11.5 Å². The third-order valence-electron chi connectivity index (χ3n) is 3.68. The molecule has 1 unspecified atom stereocenters. The van der Waals surface area contributed by atoms with Crippen LogP contribution < -0.4 is 11.1 Å². The van der Waals surface area contributed by atoms with Crippen molar-refractivity contribution in [3.05, 3.63) is 53.1 Å². The molecule has 114 valence electrons. The maximum atomic E-state index is 9.64. The first-order valence-electron chi connectivity index (χ1n) is 6.26. The van der Waals surface area contributed by atoms with Crippen molar-refractivity contribution in [2.24, 2.45) is 0 Å². The van der Waals surface area contributed by atoms with Crippen molar-refractivity contribution in [2.45, 2.75) is 12.5 Å². The van der Waals surface area contributed by atoms with E-state index in [4.69, 9.17) is 5.73 Å². The molecule has 2 aromatic rings. The van der Waals surface area contributed by atoms with Gasteiger partial charge in [-0.2, -0.15) is 0 Å². The average Bonchev–Trinajstić information content (AvgIpc) is 2.42. The summed E-state index contributed by atoms with van der Waals surface area (Å²) in [6, 6.07) is 10.9. The molecule has 0 radical (unpaired) electrons. The number of nitrogens with two attached hydrogens (primary N) is 1. The fraction of sp³-hybridized carbons (Fsp3) is 0.200. The molecule has 0 fully saturated rings. The highest BCUT2D eigenvalue weighted by molar-refractivity contribution is 8.93. The van der Waals surface area contributed by atoms with E-state index in [1.54, 1.807) is 6.07 Å². The summed E-state index contributed by atoms with van der Waals surface area (Å²) in [4.78, 5) is 0. The Morgan fingerprint density at radius 3 is 2.52 bits per heavy atom. The third kappa shape index (κ3) is 3.33. The molecule has 1 atom stereocenters. The second-order valence-electron chi connectivity index (χ2n) is 4.85. The minimum atomic E-state index is -0.0969. The number of nitrogen functional groups attached to an aromatic ring is 1. The normalized spacial score (nSPS) is 16.3. The molecule has 3 rings (SSSR count). The highest BCUT2D eigenvalue weighted by Crippen LogP contribution is 2.36. The Morgan fingerprint density at radius 2 is 1.81 bits per heavy atom. The summed E-state index contributed by atoms with van der Waals surface area (Å²) in [6.45, 7) is 1.56. The maximum absolute atomic E-state index is 9.64. The Labute approximate surface area is 144 Å². The molecule has 0 amide bonds. The van der Waals surface area contributed by atoms with Crippen LogP contribution in [0.5, 0.6) is 11.5 Å². The second kappa shape index (κ2) is 7.15. The van der Waals surface area contributed by atoms with E-state index in [1.807, 2.05) is 18.2 Å². The van der Waals surface area contributed by atoms with Gasteiger partial charge in [0.05, 0.1) is 0 Å². The molecule has 0 saturated heterocycles. The number of phenolic OH excluding ortho intramolecular Hbond substituents is 2. The van der Waals surface area contributed by atoms with Gasteiger partial charge in [0.25, 0.3) is 0 Å². The first-order valence-corrected chi connectivity index (χ1v) is 6.26. The van der Waals surface area contributed by atoms with Crippen molar-refractivity contribution in [1.29, 1.82) is 0 Å². The van der Waals surface area contributed by atoms with E-state index < -0.39 is 0 Å². The number of hydrogen-bond acceptors (Lipinski definition) is 4. The number of halogens is 2. The van der Waals surface area contributed by atoms with Crippen LogP contribution in [0.25, 0.3) is 0 Å². The SMILES string of the molecule is Br.Br.Nc1cccc2c1CNCC2c1ccc(O)c(O)c1. The topological polar surface area (TPSA) is 78.5 Å². The lowest BCUT2D eigenvalue weighted by atomic mass is 9.85. The van der Waals surface area contributed by atoms with Gasteiger partial charge in [0.15, 0.2) is 11.5 Å². The monoisotopic (exact) mass is 416 g/mol. The lowest BCUT2D eigenvalue weighted by molar-refractivity contribution is 0.402. The Morgan fingerprint density at radius 1 is 1.05 bits per heavy atom. The van der Waals surface area contributed by atoms with Gasteiger partial charge < -0.3 is 21.3 Å². The van der Waals surface area contributed by atoms with Crippen molar-refractivity contribution in [1.82, 2.24) is 5.32 Å². The molecule has 5 N–H and O–H groups in total. The lowest BCUT2D eigenvalue weighted by Gasteiger charge is -2.28. The molecule has 1 aliphatic heterocycles. The number of aromatic hydroxyl groups is 2. The summed E-state index contributed by atoms with van der Waals surface area (Å²) in [7, 11) is 0. The van der Waals surface area contributed by atoms with Crippen LogP contribution >= 0.6 is 34.0 Å². The zero-order valence-corrected chi connectivity index (χ0v) is 14.7. The fourth-order valence-corrected chi connectivity index (χ4v) is 2.66. The van der Waals surface area contributed by atoms with E-state index in [2.05, 4.69) is 11.4 Å². The Balaban J connectivity index is 0.00000110. The van der Waals surface area contributed by atoms with Gasteiger partial charge in [0, 0.05) is 24.7 Å². The molecule has 0 aromatic heterocycles. The number of fused-ring (bicyclic) bond motifs is 1. The van der Waals surface area contributed by atoms with Gasteiger partial charge >= 0.3 is 0 Å². The van der Waals surface area contributed by atoms with Crippen molar-refractivity contribution in [2.75, 3.05) is 12.3 Å². The lowest BCUT2D eigenvalue weighted by Crippen LogP contribution is -2.29. The van der Waals surface area contributed by atoms with Crippen LogP contribution in [0.2, 0.25) is 0 Å². The van der Waals surface area contributed by atoms with Crippen LogP contribution in [0.4, 0.5) is 5.69 Å². The molecule has 21 heavy (non-hydrogen) atoms. The van der Waals surface area contributed by atoms with Crippen molar-refractivity contribution >= 4 is 39.7 Å². The van der Waals surface area contributed by atoms with Gasteiger partial charge in [-0.3, -0.25) is 0 Å². The first kappa shape index (κ1) is 17.8. The zero-order chi connectivity index (χ0) is 13.4. The van der Waals surface area contributed by atoms with E-state index in [9.17, 15) is 10.2 Å². The molecular formula is C15H18Br2N2O2. The van der Waals surface area contributed by atoms with Crippen LogP contribution in [-0.4, -0.2) is 16.8 Å². The molecule has 0 bridgehead atoms. The molecule has 1 heterocycles. The van der Waals surface area contributed by atoms with Crippen molar-refractivity contribution < 1.29 is 10.2 Å². The minimum Gasteiger partial charge on any atom is -0.504 e. The number of hydrogen-bond donors (Lipinski definition) is 4. The molecular weight excluding hydrogens is 400 g/mol. The van der Waals surface area contributed by atoms with Crippen LogP contribution in [0.15, 0.2) is 36.4 Å². The van der Waals surface area contributed by atoms with Crippen molar-refractivity contribution in [3.63, 3.8) is 0 Å². The first-order chi connectivity index (χ1) is 9.16. The fourth-order valence-electron chi connectivity index (χ4n) is 2.66. The smallest absolute Gasteiger partial charge is 0.157 e. The Bertz CT molecular complexity index is 635. The highest BCUT2D eigenvalue weighted by atomic mass is 79.9. The average molecular weight is 418 g/mol. The maximum Gasteiger partial charge on any atom is 0.157 e. The number of benzene rings is 2. The summed E-state index contributed by atoms with van der Waals surface area (Å²) in [5, 5.41) is 22.4. The van der Waals surface area contributed by atoms with Crippen LogP contribution in [0.3, 0.4) is 0 Å². The number of phenols is 2. The molecule has 0 saturated carbocycles. The molecule has 0 aliphatic carbocycles. The van der Waals surface area contributed by atoms with Crippen LogP contribution in [0, 0.1) is 0 Å². The predicted octanol–water partition coefficient (Wildman–Crippen LogP) is 3.07. The van der Waals surface area contributed by atoms with E-state index >= 15 is 0 Å². The van der Waals surface area contributed by atoms with Gasteiger partial charge in [0.1, 0.15) is 0 Å². The summed E-state index contributed by atoms with van der Waals surface area (Å²) in [6.07, 6.45) is 0. The standard InChI is InChI=1S/C15H16N2O2.2BrH/c16-13-3-1-2-10-11(7-17-8-12(10)13)9-4-5-14(18)15(19)6-9;;/h1-6,11,17-19H,7-8,16H2;2*1H. The summed E-state index contributed by atoms with van der Waals surface area (Å²) in [5.41, 5.74) is 10.1. The molecule has 0 spiro atoms. The Hall–Kier alpha value is -1.24. The van der Waals surface area contributed by atoms with E-state index in [0.717, 1.165) is 29.9 Å². The number of rotatable bonds is 1. The Kier molecular flexibility index (Phi) is 6.07. The van der Waals surface area contributed by atoms with Gasteiger partial charge in [-0.15, -0.1) is 34.0 Å². The van der Waals surface area contributed by atoms with E-state index in [1.165, 1.54) is 11.6 Å². The molecule has 4 nitrogen and oxygen atoms in total. The summed E-state index contributed by atoms with van der Waals surface area (Å²) >= 11 is 0. The van der Waals surface area contributed by atoms with Crippen LogP contribution in [-0.2, 0) is 6.54 Å².